The number of rotatable bonds is 3. The van der Waals surface area contributed by atoms with Crippen LogP contribution < -0.4 is 10.6 Å². The van der Waals surface area contributed by atoms with Crippen LogP contribution in [-0.4, -0.2) is 36.5 Å². The molecule has 23 heavy (non-hydrogen) atoms. The minimum Gasteiger partial charge on any atom is -0.370 e. The van der Waals surface area contributed by atoms with Gasteiger partial charge in [-0.15, -0.1) is 0 Å². The largest absolute Gasteiger partial charge is 0.370 e. The highest BCUT2D eigenvalue weighted by molar-refractivity contribution is 7.92. The smallest absolute Gasteiger partial charge is 0.207 e. The van der Waals surface area contributed by atoms with Gasteiger partial charge in [-0.05, 0) is 32.4 Å². The molecule has 0 bridgehead atoms. The monoisotopic (exact) mass is 336 g/mol. The number of nitrogens with one attached hydrogen (secondary N) is 2. The quantitative estimate of drug-likeness (QED) is 0.552. The third-order valence-electron chi connectivity index (χ3n) is 3.85. The van der Waals surface area contributed by atoms with Crippen LogP contribution in [0.15, 0.2) is 34.2 Å². The van der Waals surface area contributed by atoms with E-state index in [2.05, 4.69) is 15.6 Å². The lowest BCUT2D eigenvalue weighted by molar-refractivity contribution is 0.0258. The number of aliphatic hydroxyl groups is 1. The first kappa shape index (κ1) is 17.2. The van der Waals surface area contributed by atoms with Crippen LogP contribution in [0, 0.1) is 18.4 Å². The zero-order valence-electron chi connectivity index (χ0n) is 13.2. The fraction of sp³-hybridized carbons (Fsp3) is 0.467. The van der Waals surface area contributed by atoms with Crippen LogP contribution in [0.25, 0.3) is 0 Å². The molecule has 0 aliphatic carbocycles. The molecule has 0 aromatic heterocycles. The van der Waals surface area contributed by atoms with Gasteiger partial charge < -0.3 is 10.4 Å². The van der Waals surface area contributed by atoms with Crippen molar-refractivity contribution < 1.29 is 13.5 Å². The van der Waals surface area contributed by atoms with Crippen LogP contribution in [-0.2, 0) is 9.84 Å². The lowest BCUT2D eigenvalue weighted by atomic mass is 10.0. The molecule has 0 fully saturated rings. The molecule has 0 spiro atoms. The molecule has 3 N–H and O–H groups in total. The lowest BCUT2D eigenvalue weighted by Crippen LogP contribution is -2.66. The fourth-order valence-electron chi connectivity index (χ4n) is 2.76. The molecule has 0 radical (unpaired) electrons. The van der Waals surface area contributed by atoms with Crippen molar-refractivity contribution in [2.24, 2.45) is 4.99 Å². The predicted molar refractivity (Wildman–Crippen MR) is 86.2 cm³/mol. The summed E-state index contributed by atoms with van der Waals surface area (Å²) in [6.45, 7) is 5.03. The van der Waals surface area contributed by atoms with Gasteiger partial charge >= 0.3 is 0 Å². The standard InChI is InChI=1S/C15H20N4O3S/c1-4-12-13(15(3,20)19-14(18-12)17-9-16)23(21,22)11-7-5-10(2)6-8-11/h5-8,12-13,20H,4H2,1-3H3,(H2,17,18,19). The molecule has 1 aromatic carbocycles. The first-order valence-electron chi connectivity index (χ1n) is 7.26. The van der Waals surface area contributed by atoms with Crippen LogP contribution in [0.1, 0.15) is 25.8 Å². The number of guanidine groups is 1. The average molecular weight is 336 g/mol. The molecule has 7 nitrogen and oxygen atoms in total. The number of aliphatic imine (C=N–C) groups is 1. The van der Waals surface area contributed by atoms with Crippen LogP contribution in [0.4, 0.5) is 0 Å². The molecule has 0 saturated heterocycles. The van der Waals surface area contributed by atoms with E-state index < -0.39 is 26.9 Å². The number of sulfone groups is 1. The third kappa shape index (κ3) is 3.30. The van der Waals surface area contributed by atoms with E-state index in [0.29, 0.717) is 6.42 Å². The molecule has 3 unspecified atom stereocenters. The zero-order valence-corrected chi connectivity index (χ0v) is 14.1. The summed E-state index contributed by atoms with van der Waals surface area (Å²) in [5, 5.41) is 23.1. The Morgan fingerprint density at radius 3 is 2.57 bits per heavy atom. The summed E-state index contributed by atoms with van der Waals surface area (Å²) in [4.78, 5) is 4.35. The number of hydrogen-bond donors (Lipinski definition) is 3. The molecule has 2 rings (SSSR count). The number of hydrogen-bond acceptors (Lipinski definition) is 7. The van der Waals surface area contributed by atoms with Crippen LogP contribution in [0.3, 0.4) is 0 Å². The first-order chi connectivity index (χ1) is 10.7. The number of aryl methyl sites for hydroxylation is 1. The number of nitriles is 1. The zero-order chi connectivity index (χ0) is 17.3. The van der Waals surface area contributed by atoms with Gasteiger partial charge in [0.15, 0.2) is 21.8 Å². The van der Waals surface area contributed by atoms with Gasteiger partial charge in [-0.3, -0.25) is 5.32 Å². The van der Waals surface area contributed by atoms with Crippen molar-refractivity contribution in [3.63, 3.8) is 0 Å². The van der Waals surface area contributed by atoms with Gasteiger partial charge in [0.25, 0.3) is 0 Å². The summed E-state index contributed by atoms with van der Waals surface area (Å²) >= 11 is 0. The van der Waals surface area contributed by atoms with E-state index in [9.17, 15) is 13.5 Å². The Bertz CT molecular complexity index is 748. The summed E-state index contributed by atoms with van der Waals surface area (Å²) in [6, 6.07) is 5.81. The third-order valence-corrected chi connectivity index (χ3v) is 6.22. The predicted octanol–water partition coefficient (Wildman–Crippen LogP) is 0.654. The lowest BCUT2D eigenvalue weighted by Gasteiger charge is -2.40. The Balaban J connectivity index is 2.51. The highest BCUT2D eigenvalue weighted by Crippen LogP contribution is 2.31. The topological polar surface area (TPSA) is 115 Å². The van der Waals surface area contributed by atoms with Gasteiger partial charge in [0.1, 0.15) is 5.25 Å². The fourth-order valence-corrected chi connectivity index (χ4v) is 4.90. The SMILES string of the molecule is CCC1N=C(NC#N)NC(C)(O)C1S(=O)(=O)c1ccc(C)cc1. The van der Waals surface area contributed by atoms with Gasteiger partial charge in [0.05, 0.1) is 10.9 Å². The summed E-state index contributed by atoms with van der Waals surface area (Å²) in [5.41, 5.74) is -0.811. The minimum absolute atomic E-state index is 0.0692. The maximum absolute atomic E-state index is 13.0. The molecule has 1 aliphatic heterocycles. The summed E-state index contributed by atoms with van der Waals surface area (Å²) < 4.78 is 26.0. The number of benzene rings is 1. The van der Waals surface area contributed by atoms with Crippen molar-refractivity contribution in [2.75, 3.05) is 0 Å². The second-order valence-corrected chi connectivity index (χ2v) is 7.81. The molecular weight excluding hydrogens is 316 g/mol. The van der Waals surface area contributed by atoms with Crippen LogP contribution in [0.2, 0.25) is 0 Å². The maximum atomic E-state index is 13.0. The van der Waals surface area contributed by atoms with Crippen molar-refractivity contribution in [3.8, 4) is 6.19 Å². The van der Waals surface area contributed by atoms with E-state index >= 15 is 0 Å². The molecule has 3 atom stereocenters. The highest BCUT2D eigenvalue weighted by Gasteiger charge is 2.50. The Labute approximate surface area is 136 Å². The molecule has 124 valence electrons. The van der Waals surface area contributed by atoms with Crippen molar-refractivity contribution in [1.82, 2.24) is 10.6 Å². The second-order valence-electron chi connectivity index (χ2n) is 5.74. The molecule has 8 heteroatoms. The minimum atomic E-state index is -3.82. The molecule has 0 saturated carbocycles. The summed E-state index contributed by atoms with van der Waals surface area (Å²) in [7, 11) is -3.82. The Morgan fingerprint density at radius 2 is 2.04 bits per heavy atom. The molecule has 1 heterocycles. The molecule has 1 aliphatic rings. The maximum Gasteiger partial charge on any atom is 0.207 e. The van der Waals surface area contributed by atoms with Crippen molar-refractivity contribution in [3.05, 3.63) is 29.8 Å². The van der Waals surface area contributed by atoms with Crippen LogP contribution >= 0.6 is 0 Å². The van der Waals surface area contributed by atoms with E-state index in [1.165, 1.54) is 19.1 Å². The summed E-state index contributed by atoms with van der Waals surface area (Å²) in [6.07, 6.45) is 2.11. The molecular formula is C15H20N4O3S. The van der Waals surface area contributed by atoms with Gasteiger partial charge in [0.2, 0.25) is 5.96 Å². The van der Waals surface area contributed by atoms with E-state index in [1.54, 1.807) is 25.2 Å². The average Bonchev–Trinajstić information content (AvgIpc) is 2.45. The van der Waals surface area contributed by atoms with Gasteiger partial charge in [-0.2, -0.15) is 5.26 Å². The Hall–Kier alpha value is -2.11. The van der Waals surface area contributed by atoms with Crippen molar-refractivity contribution >= 4 is 15.8 Å². The second kappa shape index (κ2) is 6.18. The van der Waals surface area contributed by atoms with E-state index in [-0.39, 0.29) is 10.9 Å². The molecule has 0 amide bonds. The van der Waals surface area contributed by atoms with Gasteiger partial charge in [0, 0.05) is 0 Å². The van der Waals surface area contributed by atoms with Crippen molar-refractivity contribution in [2.45, 2.75) is 49.1 Å². The Morgan fingerprint density at radius 1 is 1.43 bits per heavy atom. The van der Waals surface area contributed by atoms with E-state index in [1.807, 2.05) is 6.92 Å². The first-order valence-corrected chi connectivity index (χ1v) is 8.81. The summed E-state index contributed by atoms with van der Waals surface area (Å²) in [5.74, 6) is 0.0692. The van der Waals surface area contributed by atoms with Crippen molar-refractivity contribution in [1.29, 1.82) is 5.26 Å². The van der Waals surface area contributed by atoms with Crippen LogP contribution in [0.5, 0.6) is 0 Å². The highest BCUT2D eigenvalue weighted by atomic mass is 32.2. The number of nitrogens with zero attached hydrogens (tertiary/aromatic N) is 2. The van der Waals surface area contributed by atoms with E-state index in [4.69, 9.17) is 5.26 Å². The van der Waals surface area contributed by atoms with E-state index in [0.717, 1.165) is 5.56 Å². The van der Waals surface area contributed by atoms with Gasteiger partial charge in [-0.1, -0.05) is 24.6 Å². The molecule has 1 aromatic rings. The Kier molecular flexibility index (Phi) is 4.63. The normalized spacial score (nSPS) is 27.5. The van der Waals surface area contributed by atoms with Gasteiger partial charge in [-0.25, -0.2) is 13.4 Å².